The molecule has 0 heterocycles. The summed E-state index contributed by atoms with van der Waals surface area (Å²) in [5.41, 5.74) is 0.826. The Morgan fingerprint density at radius 2 is 1.84 bits per heavy atom. The first-order valence-corrected chi connectivity index (χ1v) is 7.39. The Morgan fingerprint density at radius 3 is 2.58 bits per heavy atom. The van der Waals surface area contributed by atoms with Crippen LogP contribution < -0.4 is 5.32 Å². The lowest BCUT2D eigenvalue weighted by Crippen LogP contribution is -2.34. The summed E-state index contributed by atoms with van der Waals surface area (Å²) in [7, 11) is 0. The summed E-state index contributed by atoms with van der Waals surface area (Å²) in [6.07, 6.45) is 7.99. The summed E-state index contributed by atoms with van der Waals surface area (Å²) in [6, 6.07) is 4.71. The van der Waals surface area contributed by atoms with Crippen molar-refractivity contribution in [2.45, 2.75) is 51.1 Å². The van der Waals surface area contributed by atoms with Crippen LogP contribution in [0.5, 0.6) is 0 Å². The molecule has 1 nitrogen and oxygen atoms in total. The van der Waals surface area contributed by atoms with Crippen molar-refractivity contribution in [3.63, 3.8) is 0 Å². The van der Waals surface area contributed by atoms with E-state index in [4.69, 9.17) is 0 Å². The molecule has 2 aliphatic carbocycles. The fraction of sp³-hybridized carbons (Fsp3) is 0.625. The molecular formula is C16H21F2N. The van der Waals surface area contributed by atoms with Crippen molar-refractivity contribution in [1.82, 2.24) is 5.32 Å². The van der Waals surface area contributed by atoms with Crippen molar-refractivity contribution in [2.75, 3.05) is 0 Å². The van der Waals surface area contributed by atoms with E-state index in [1.165, 1.54) is 50.7 Å². The molecule has 0 saturated heterocycles. The summed E-state index contributed by atoms with van der Waals surface area (Å²) in [5, 5.41) is 3.51. The van der Waals surface area contributed by atoms with Crippen LogP contribution in [-0.2, 0) is 6.54 Å². The first kappa shape index (κ1) is 13.0. The third kappa shape index (κ3) is 3.33. The standard InChI is InChI=1S/C16H21F2N/c17-15-7-4-11(8-16(15)18)10-19-14-3-1-2-13(9-14)12-5-6-12/h4,7-8,12-14,19H,1-3,5-6,9-10H2. The Morgan fingerprint density at radius 1 is 1.00 bits per heavy atom. The van der Waals surface area contributed by atoms with Gasteiger partial charge in [0.05, 0.1) is 0 Å². The summed E-state index contributed by atoms with van der Waals surface area (Å²) in [6.45, 7) is 0.638. The topological polar surface area (TPSA) is 12.0 Å². The van der Waals surface area contributed by atoms with Gasteiger partial charge in [-0.1, -0.05) is 18.9 Å². The van der Waals surface area contributed by atoms with Crippen molar-refractivity contribution in [2.24, 2.45) is 11.8 Å². The molecule has 0 amide bonds. The zero-order valence-corrected chi connectivity index (χ0v) is 11.2. The van der Waals surface area contributed by atoms with E-state index in [9.17, 15) is 8.78 Å². The van der Waals surface area contributed by atoms with E-state index in [0.29, 0.717) is 12.6 Å². The van der Waals surface area contributed by atoms with E-state index in [1.54, 1.807) is 6.07 Å². The molecule has 19 heavy (non-hydrogen) atoms. The molecule has 0 aliphatic heterocycles. The van der Waals surface area contributed by atoms with Gasteiger partial charge in [0.25, 0.3) is 0 Å². The molecule has 2 fully saturated rings. The predicted octanol–water partition coefficient (Wildman–Crippen LogP) is 4.02. The molecule has 1 aromatic rings. The number of hydrogen-bond acceptors (Lipinski definition) is 1. The molecule has 2 aliphatic rings. The highest BCUT2D eigenvalue weighted by molar-refractivity contribution is 5.17. The second-order valence-electron chi connectivity index (χ2n) is 6.09. The highest BCUT2D eigenvalue weighted by atomic mass is 19.2. The molecule has 0 bridgehead atoms. The average molecular weight is 265 g/mol. The molecule has 2 unspecified atom stereocenters. The second-order valence-corrected chi connectivity index (χ2v) is 6.09. The van der Waals surface area contributed by atoms with E-state index in [-0.39, 0.29) is 0 Å². The zero-order valence-electron chi connectivity index (χ0n) is 11.2. The van der Waals surface area contributed by atoms with Gasteiger partial charge in [-0.2, -0.15) is 0 Å². The molecule has 1 N–H and O–H groups in total. The van der Waals surface area contributed by atoms with Gasteiger partial charge in [0.1, 0.15) is 0 Å². The van der Waals surface area contributed by atoms with Crippen molar-refractivity contribution >= 4 is 0 Å². The maximum atomic E-state index is 13.1. The van der Waals surface area contributed by atoms with Crippen LogP contribution in [0.25, 0.3) is 0 Å². The van der Waals surface area contributed by atoms with Crippen LogP contribution in [0.15, 0.2) is 18.2 Å². The van der Waals surface area contributed by atoms with Crippen LogP contribution in [0.3, 0.4) is 0 Å². The molecule has 1 aromatic carbocycles. The van der Waals surface area contributed by atoms with E-state index < -0.39 is 11.6 Å². The van der Waals surface area contributed by atoms with E-state index in [1.807, 2.05) is 0 Å². The molecule has 2 saturated carbocycles. The van der Waals surface area contributed by atoms with Crippen LogP contribution in [0, 0.1) is 23.5 Å². The highest BCUT2D eigenvalue weighted by Gasteiger charge is 2.34. The maximum absolute atomic E-state index is 13.1. The van der Waals surface area contributed by atoms with Gasteiger partial charge in [0, 0.05) is 12.6 Å². The second kappa shape index (κ2) is 5.58. The van der Waals surface area contributed by atoms with Crippen LogP contribution in [-0.4, -0.2) is 6.04 Å². The van der Waals surface area contributed by atoms with Crippen LogP contribution in [0.1, 0.15) is 44.1 Å². The van der Waals surface area contributed by atoms with Gasteiger partial charge in [0.15, 0.2) is 11.6 Å². The van der Waals surface area contributed by atoms with Gasteiger partial charge in [-0.25, -0.2) is 8.78 Å². The van der Waals surface area contributed by atoms with Gasteiger partial charge >= 0.3 is 0 Å². The molecule has 3 rings (SSSR count). The van der Waals surface area contributed by atoms with Crippen LogP contribution in [0.4, 0.5) is 8.78 Å². The fourth-order valence-corrected chi connectivity index (χ4v) is 3.32. The normalized spacial score (nSPS) is 27.5. The first-order chi connectivity index (χ1) is 9.22. The highest BCUT2D eigenvalue weighted by Crippen LogP contribution is 2.43. The van der Waals surface area contributed by atoms with Gasteiger partial charge in [-0.05, 0) is 55.2 Å². The average Bonchev–Trinajstić information content (AvgIpc) is 3.25. The third-order valence-corrected chi connectivity index (χ3v) is 4.58. The summed E-state index contributed by atoms with van der Waals surface area (Å²) >= 11 is 0. The molecule has 2 atom stereocenters. The van der Waals surface area contributed by atoms with Gasteiger partial charge < -0.3 is 5.32 Å². The summed E-state index contributed by atoms with van der Waals surface area (Å²) < 4.78 is 26.0. The summed E-state index contributed by atoms with van der Waals surface area (Å²) in [4.78, 5) is 0. The Hall–Kier alpha value is -0.960. The monoisotopic (exact) mass is 265 g/mol. The zero-order chi connectivity index (χ0) is 13.2. The Bertz CT molecular complexity index is 442. The minimum Gasteiger partial charge on any atom is -0.310 e. The van der Waals surface area contributed by atoms with Crippen LogP contribution >= 0.6 is 0 Å². The van der Waals surface area contributed by atoms with Crippen molar-refractivity contribution in [3.05, 3.63) is 35.4 Å². The molecule has 3 heteroatoms. The minimum atomic E-state index is -0.768. The molecular weight excluding hydrogens is 244 g/mol. The molecule has 0 radical (unpaired) electrons. The van der Waals surface area contributed by atoms with E-state index in [0.717, 1.165) is 17.4 Å². The minimum absolute atomic E-state index is 0.549. The Balaban J connectivity index is 1.52. The lowest BCUT2D eigenvalue weighted by molar-refractivity contribution is 0.260. The van der Waals surface area contributed by atoms with Crippen molar-refractivity contribution < 1.29 is 8.78 Å². The number of halogens is 2. The smallest absolute Gasteiger partial charge is 0.159 e. The first-order valence-electron chi connectivity index (χ1n) is 7.39. The lowest BCUT2D eigenvalue weighted by atomic mass is 9.82. The molecule has 0 aromatic heterocycles. The number of hydrogen-bond donors (Lipinski definition) is 1. The number of nitrogens with one attached hydrogen (secondary N) is 1. The van der Waals surface area contributed by atoms with Crippen molar-refractivity contribution in [1.29, 1.82) is 0 Å². The predicted molar refractivity (Wildman–Crippen MR) is 71.7 cm³/mol. The van der Waals surface area contributed by atoms with Gasteiger partial charge in [-0.15, -0.1) is 0 Å². The molecule has 104 valence electrons. The largest absolute Gasteiger partial charge is 0.310 e. The van der Waals surface area contributed by atoms with Gasteiger partial charge in [-0.3, -0.25) is 0 Å². The van der Waals surface area contributed by atoms with Crippen LogP contribution in [0.2, 0.25) is 0 Å². The SMILES string of the molecule is Fc1ccc(CNC2CCCC(C3CC3)C2)cc1F. The maximum Gasteiger partial charge on any atom is 0.159 e. The lowest BCUT2D eigenvalue weighted by Gasteiger charge is -2.30. The Kier molecular flexibility index (Phi) is 3.83. The fourth-order valence-electron chi connectivity index (χ4n) is 3.32. The number of benzene rings is 1. The third-order valence-electron chi connectivity index (χ3n) is 4.58. The van der Waals surface area contributed by atoms with Crippen molar-refractivity contribution in [3.8, 4) is 0 Å². The van der Waals surface area contributed by atoms with E-state index in [2.05, 4.69) is 5.32 Å². The van der Waals surface area contributed by atoms with E-state index >= 15 is 0 Å². The number of rotatable bonds is 4. The quantitative estimate of drug-likeness (QED) is 0.867. The summed E-state index contributed by atoms with van der Waals surface area (Å²) in [5.74, 6) is 0.359. The molecule has 0 spiro atoms. The van der Waals surface area contributed by atoms with Gasteiger partial charge in [0.2, 0.25) is 0 Å². The Labute approximate surface area is 113 Å².